The standard InChI is InChI=1S/C12H14O/c1-2-11(8-9-13)10-12-6-4-3-5-7-12/h3-7,13H,1,8-10H2. The smallest absolute Gasteiger partial charge is 0.0474 e. The first-order valence-electron chi connectivity index (χ1n) is 4.39. The molecule has 1 aromatic rings. The SMILES string of the molecule is C=C=C(CCO)Cc1ccccc1. The summed E-state index contributed by atoms with van der Waals surface area (Å²) in [7, 11) is 0. The molecule has 0 aromatic heterocycles. The Kier molecular flexibility index (Phi) is 4.04. The highest BCUT2D eigenvalue weighted by molar-refractivity contribution is 5.21. The quantitative estimate of drug-likeness (QED) is 0.694. The molecular formula is C12H14O. The van der Waals surface area contributed by atoms with Crippen molar-refractivity contribution in [2.24, 2.45) is 0 Å². The van der Waals surface area contributed by atoms with Crippen molar-refractivity contribution >= 4 is 0 Å². The summed E-state index contributed by atoms with van der Waals surface area (Å²) < 4.78 is 0. The first-order valence-corrected chi connectivity index (χ1v) is 4.39. The molecular weight excluding hydrogens is 160 g/mol. The van der Waals surface area contributed by atoms with Gasteiger partial charge in [0, 0.05) is 13.0 Å². The van der Waals surface area contributed by atoms with Crippen molar-refractivity contribution in [3.05, 3.63) is 53.8 Å². The average molecular weight is 174 g/mol. The summed E-state index contributed by atoms with van der Waals surface area (Å²) >= 11 is 0. The minimum absolute atomic E-state index is 0.171. The van der Waals surface area contributed by atoms with E-state index >= 15 is 0 Å². The predicted octanol–water partition coefficient (Wildman–Crippen LogP) is 2.32. The topological polar surface area (TPSA) is 20.2 Å². The van der Waals surface area contributed by atoms with Gasteiger partial charge in [0.25, 0.3) is 0 Å². The Balaban J connectivity index is 2.63. The van der Waals surface area contributed by atoms with Crippen LogP contribution in [0, 0.1) is 0 Å². The number of benzene rings is 1. The molecule has 1 nitrogen and oxygen atoms in total. The molecule has 0 fully saturated rings. The first-order chi connectivity index (χ1) is 6.36. The highest BCUT2D eigenvalue weighted by Gasteiger charge is 1.97. The van der Waals surface area contributed by atoms with Crippen LogP contribution in [0.5, 0.6) is 0 Å². The Morgan fingerprint density at radius 2 is 2.00 bits per heavy atom. The van der Waals surface area contributed by atoms with Crippen molar-refractivity contribution in [2.45, 2.75) is 12.8 Å². The third-order valence-corrected chi connectivity index (χ3v) is 1.92. The van der Waals surface area contributed by atoms with Gasteiger partial charge in [0.05, 0.1) is 0 Å². The third-order valence-electron chi connectivity index (χ3n) is 1.92. The van der Waals surface area contributed by atoms with E-state index in [1.54, 1.807) is 0 Å². The lowest BCUT2D eigenvalue weighted by Crippen LogP contribution is -1.92. The fraction of sp³-hybridized carbons (Fsp3) is 0.250. The van der Waals surface area contributed by atoms with Crippen LogP contribution >= 0.6 is 0 Å². The van der Waals surface area contributed by atoms with Gasteiger partial charge in [0.1, 0.15) is 0 Å². The van der Waals surface area contributed by atoms with Gasteiger partial charge in [0.2, 0.25) is 0 Å². The molecule has 0 spiro atoms. The Bertz CT molecular complexity index is 294. The van der Waals surface area contributed by atoms with Crippen LogP contribution in [0.1, 0.15) is 12.0 Å². The van der Waals surface area contributed by atoms with Crippen LogP contribution in [0.15, 0.2) is 48.2 Å². The molecule has 0 saturated heterocycles. The molecule has 13 heavy (non-hydrogen) atoms. The minimum atomic E-state index is 0.171. The van der Waals surface area contributed by atoms with Crippen LogP contribution in [-0.4, -0.2) is 11.7 Å². The molecule has 0 amide bonds. The summed E-state index contributed by atoms with van der Waals surface area (Å²) in [5, 5.41) is 8.76. The molecule has 0 atom stereocenters. The van der Waals surface area contributed by atoms with Gasteiger partial charge in [-0.1, -0.05) is 36.9 Å². The van der Waals surface area contributed by atoms with E-state index < -0.39 is 0 Å². The van der Waals surface area contributed by atoms with Crippen LogP contribution in [0.3, 0.4) is 0 Å². The summed E-state index contributed by atoms with van der Waals surface area (Å²) in [5.74, 6) is 0. The summed E-state index contributed by atoms with van der Waals surface area (Å²) in [6.45, 7) is 3.77. The number of aliphatic hydroxyl groups is 1. The van der Waals surface area contributed by atoms with Crippen molar-refractivity contribution in [1.82, 2.24) is 0 Å². The van der Waals surface area contributed by atoms with Gasteiger partial charge in [0.15, 0.2) is 0 Å². The maximum atomic E-state index is 8.76. The third kappa shape index (κ3) is 3.29. The molecule has 1 aromatic carbocycles. The minimum Gasteiger partial charge on any atom is -0.396 e. The maximum absolute atomic E-state index is 8.76. The van der Waals surface area contributed by atoms with Crippen LogP contribution in [0.25, 0.3) is 0 Å². The van der Waals surface area contributed by atoms with E-state index in [2.05, 4.69) is 24.4 Å². The second-order valence-electron chi connectivity index (χ2n) is 2.92. The van der Waals surface area contributed by atoms with E-state index in [9.17, 15) is 0 Å². The zero-order valence-corrected chi connectivity index (χ0v) is 7.66. The highest BCUT2D eigenvalue weighted by Crippen LogP contribution is 2.09. The van der Waals surface area contributed by atoms with Gasteiger partial charge in [-0.15, -0.1) is 5.73 Å². The van der Waals surface area contributed by atoms with Crippen molar-refractivity contribution < 1.29 is 5.11 Å². The molecule has 1 heteroatoms. The van der Waals surface area contributed by atoms with Gasteiger partial charge in [-0.2, -0.15) is 0 Å². The molecule has 68 valence electrons. The number of hydrogen-bond acceptors (Lipinski definition) is 1. The first kappa shape index (κ1) is 9.79. The van der Waals surface area contributed by atoms with Crippen molar-refractivity contribution in [3.63, 3.8) is 0 Å². The number of hydrogen-bond donors (Lipinski definition) is 1. The molecule has 0 unspecified atom stereocenters. The Hall–Kier alpha value is -1.30. The molecule has 0 heterocycles. The van der Waals surface area contributed by atoms with Crippen molar-refractivity contribution in [3.8, 4) is 0 Å². The van der Waals surface area contributed by atoms with Crippen molar-refractivity contribution in [1.29, 1.82) is 0 Å². The van der Waals surface area contributed by atoms with E-state index in [0.717, 1.165) is 12.0 Å². The summed E-state index contributed by atoms with van der Waals surface area (Å²) in [6, 6.07) is 10.1. The lowest BCUT2D eigenvalue weighted by atomic mass is 10.0. The average Bonchev–Trinajstić information content (AvgIpc) is 2.19. The predicted molar refractivity (Wildman–Crippen MR) is 54.5 cm³/mol. The van der Waals surface area contributed by atoms with Crippen LogP contribution < -0.4 is 0 Å². The largest absolute Gasteiger partial charge is 0.396 e. The van der Waals surface area contributed by atoms with Gasteiger partial charge >= 0.3 is 0 Å². The second-order valence-corrected chi connectivity index (χ2v) is 2.92. The molecule has 1 rings (SSSR count). The van der Waals surface area contributed by atoms with Crippen molar-refractivity contribution in [2.75, 3.05) is 6.61 Å². The van der Waals surface area contributed by atoms with E-state index in [1.165, 1.54) is 5.56 Å². The molecule has 0 aliphatic carbocycles. The molecule has 0 aliphatic heterocycles. The summed E-state index contributed by atoms with van der Waals surface area (Å²) in [5.41, 5.74) is 5.16. The normalized spacial score (nSPS) is 9.31. The Labute approximate surface area is 79.0 Å². The van der Waals surface area contributed by atoms with Gasteiger partial charge < -0.3 is 5.11 Å². The van der Waals surface area contributed by atoms with E-state index in [0.29, 0.717) is 6.42 Å². The van der Waals surface area contributed by atoms with Gasteiger partial charge in [-0.25, -0.2) is 0 Å². The zero-order chi connectivity index (χ0) is 9.52. The van der Waals surface area contributed by atoms with Crippen LogP contribution in [0.2, 0.25) is 0 Å². The van der Waals surface area contributed by atoms with E-state index in [-0.39, 0.29) is 6.61 Å². The molecule has 0 bridgehead atoms. The summed E-state index contributed by atoms with van der Waals surface area (Å²) in [6.07, 6.45) is 1.50. The zero-order valence-electron chi connectivity index (χ0n) is 7.66. The Morgan fingerprint density at radius 1 is 1.31 bits per heavy atom. The lowest BCUT2D eigenvalue weighted by Gasteiger charge is -2.02. The van der Waals surface area contributed by atoms with Gasteiger partial charge in [-0.05, 0) is 17.6 Å². The lowest BCUT2D eigenvalue weighted by molar-refractivity contribution is 0.298. The molecule has 0 aliphatic rings. The highest BCUT2D eigenvalue weighted by atomic mass is 16.2. The fourth-order valence-corrected chi connectivity index (χ4v) is 1.22. The summed E-state index contributed by atoms with van der Waals surface area (Å²) in [4.78, 5) is 0. The second kappa shape index (κ2) is 5.36. The molecule has 1 N–H and O–H groups in total. The van der Waals surface area contributed by atoms with Crippen LogP contribution in [0.4, 0.5) is 0 Å². The Morgan fingerprint density at radius 3 is 2.54 bits per heavy atom. The maximum Gasteiger partial charge on any atom is 0.0474 e. The molecule has 0 saturated carbocycles. The number of aliphatic hydroxyl groups excluding tert-OH is 1. The number of rotatable bonds is 4. The van der Waals surface area contributed by atoms with Crippen LogP contribution in [-0.2, 0) is 6.42 Å². The monoisotopic (exact) mass is 174 g/mol. The van der Waals surface area contributed by atoms with E-state index in [4.69, 9.17) is 5.11 Å². The molecule has 0 radical (unpaired) electrons. The van der Waals surface area contributed by atoms with E-state index in [1.807, 2.05) is 18.2 Å². The van der Waals surface area contributed by atoms with Gasteiger partial charge in [-0.3, -0.25) is 0 Å². The fourth-order valence-electron chi connectivity index (χ4n) is 1.22.